The van der Waals surface area contributed by atoms with E-state index in [9.17, 15) is 77.8 Å². The third-order valence-corrected chi connectivity index (χ3v) is 13.6. The summed E-state index contributed by atoms with van der Waals surface area (Å²) in [6.45, 7) is 6.46. The highest BCUT2D eigenvalue weighted by Crippen LogP contribution is 2.39. The molecular formula is C49H78BN5O16. The monoisotopic (exact) mass is 1000 g/mol. The number of carboxylic acids is 2. The molecule has 71 heavy (non-hydrogen) atoms. The average Bonchev–Trinajstić information content (AvgIpc) is 3.80. The number of carbonyl (C=O) groups is 12. The summed E-state index contributed by atoms with van der Waals surface area (Å²) in [7, 11) is -1.64. The van der Waals surface area contributed by atoms with Gasteiger partial charge in [0.05, 0.1) is 32.2 Å². The average molecular weight is 1000 g/mol. The summed E-state index contributed by atoms with van der Waals surface area (Å²) in [5.41, 5.74) is 0. The molecule has 8 N–H and O–H groups in total. The number of Topliss-reactive ketones (excluding diaryl/α,β-unsaturated/α-hetero) is 6. The Balaban J connectivity index is 1.70. The van der Waals surface area contributed by atoms with Gasteiger partial charge in [0.1, 0.15) is 11.6 Å². The summed E-state index contributed by atoms with van der Waals surface area (Å²) in [6, 6.07) is -0.906. The van der Waals surface area contributed by atoms with E-state index < -0.39 is 96.8 Å². The van der Waals surface area contributed by atoms with Gasteiger partial charge in [-0.2, -0.15) is 0 Å². The molecule has 0 aromatic carbocycles. The second-order valence-electron chi connectivity index (χ2n) is 20.0. The van der Waals surface area contributed by atoms with E-state index in [1.807, 2.05) is 4.90 Å². The Labute approximate surface area is 416 Å². The van der Waals surface area contributed by atoms with Crippen molar-refractivity contribution in [3.63, 3.8) is 0 Å². The molecule has 2 aliphatic rings. The molecular weight excluding hydrogens is 925 g/mol. The van der Waals surface area contributed by atoms with E-state index in [4.69, 9.17) is 0 Å². The molecule has 0 spiro atoms. The quantitative estimate of drug-likeness (QED) is 0.0459. The number of hydrogen-bond acceptors (Lipinski definition) is 15. The van der Waals surface area contributed by atoms with Crippen molar-refractivity contribution >= 4 is 77.4 Å². The SMILES string of the molecule is CC(=O)CN1CCC(CC(=O)O)CCC(CC(=O)CCC(=O)NCC(=O)CCC(=O)NCC(=O)CCC(=O)NCC(=O)C[C@H](C(=O)N[C@H](C)C(=O)C2CCC[C@H]2B(O)O)C(C)C)CCC(CC(=O)O)CC1. The first-order chi connectivity index (χ1) is 33.4. The largest absolute Gasteiger partial charge is 0.481 e. The molecule has 6 atom stereocenters. The summed E-state index contributed by atoms with van der Waals surface area (Å²) < 4.78 is 0. The fourth-order valence-corrected chi connectivity index (χ4v) is 9.37. The minimum Gasteiger partial charge on any atom is -0.481 e. The third-order valence-electron chi connectivity index (χ3n) is 13.6. The molecule has 0 aromatic heterocycles. The third kappa shape index (κ3) is 26.2. The van der Waals surface area contributed by atoms with E-state index in [1.54, 1.807) is 13.8 Å². The van der Waals surface area contributed by atoms with Crippen LogP contribution in [-0.2, 0) is 57.5 Å². The second-order valence-corrected chi connectivity index (χ2v) is 20.0. The lowest BCUT2D eigenvalue weighted by atomic mass is 9.65. The molecule has 3 unspecified atom stereocenters. The lowest BCUT2D eigenvalue weighted by Crippen LogP contribution is -2.46. The van der Waals surface area contributed by atoms with Crippen LogP contribution in [0.4, 0.5) is 0 Å². The predicted octanol–water partition coefficient (Wildman–Crippen LogP) is 1.76. The molecule has 1 saturated carbocycles. The number of rotatable bonds is 31. The number of carboxylic acid groups (broad SMARTS) is 2. The van der Waals surface area contributed by atoms with Crippen LogP contribution in [0.15, 0.2) is 0 Å². The van der Waals surface area contributed by atoms with Crippen molar-refractivity contribution in [1.82, 2.24) is 26.2 Å². The van der Waals surface area contributed by atoms with Gasteiger partial charge in [0.25, 0.3) is 0 Å². The van der Waals surface area contributed by atoms with Gasteiger partial charge >= 0.3 is 19.1 Å². The van der Waals surface area contributed by atoms with Gasteiger partial charge in [-0.25, -0.2) is 0 Å². The number of nitrogens with one attached hydrogen (secondary N) is 4. The van der Waals surface area contributed by atoms with Crippen molar-refractivity contribution in [2.24, 2.45) is 35.5 Å². The highest BCUT2D eigenvalue weighted by molar-refractivity contribution is 6.44. The molecule has 398 valence electrons. The number of aliphatic carboxylic acids is 2. The van der Waals surface area contributed by atoms with Gasteiger partial charge in [0, 0.05) is 81.9 Å². The summed E-state index contributed by atoms with van der Waals surface area (Å²) in [4.78, 5) is 151. The highest BCUT2D eigenvalue weighted by Gasteiger charge is 2.42. The first-order valence-corrected chi connectivity index (χ1v) is 25.2. The lowest BCUT2D eigenvalue weighted by Gasteiger charge is -2.28. The maximum Gasteiger partial charge on any atom is 0.455 e. The first-order valence-electron chi connectivity index (χ1n) is 25.2. The van der Waals surface area contributed by atoms with Gasteiger partial charge < -0.3 is 41.5 Å². The maximum absolute atomic E-state index is 13.1. The van der Waals surface area contributed by atoms with E-state index in [2.05, 4.69) is 21.3 Å². The molecule has 1 heterocycles. The van der Waals surface area contributed by atoms with E-state index in [0.29, 0.717) is 70.9 Å². The van der Waals surface area contributed by atoms with Gasteiger partial charge in [-0.1, -0.05) is 26.7 Å². The zero-order valence-corrected chi connectivity index (χ0v) is 42.0. The Kier molecular flexibility index (Phi) is 28.5. The van der Waals surface area contributed by atoms with Gasteiger partial charge in [-0.05, 0) is 95.6 Å². The predicted molar refractivity (Wildman–Crippen MR) is 258 cm³/mol. The zero-order chi connectivity index (χ0) is 53.2. The lowest BCUT2D eigenvalue weighted by molar-refractivity contribution is -0.139. The number of carbonyl (C=O) groups excluding carboxylic acids is 10. The standard InChI is InChI=1S/C49H78BN5O16/c1-30(2)41(49(69)54-32(4)48(68)40-6-5-7-42(40)50(70)71)25-39(60)28-53-45(63)17-14-38(59)27-52-44(62)16-13-37(58)26-51-43(61)15-12-36(57)22-33-8-10-34(23-46(64)65)18-20-55(29-31(3)56)21-19-35(11-9-33)24-47(66)67/h30,32-35,40-42,70-71H,5-29H2,1-4H3,(H,51,61)(H,52,62)(H,53,63)(H,54,69)(H,64,65)(H,66,67)/t32-,33?,34?,35?,40?,41+,42-/m1/s1. The fraction of sp³-hybridized carbons (Fsp3) is 0.755. The molecule has 2 fully saturated rings. The van der Waals surface area contributed by atoms with Crippen molar-refractivity contribution in [3.05, 3.63) is 0 Å². The van der Waals surface area contributed by atoms with Crippen molar-refractivity contribution in [3.8, 4) is 0 Å². The summed E-state index contributed by atoms with van der Waals surface area (Å²) in [6.07, 6.45) is 3.31. The number of ketones is 6. The Hall–Kier alpha value is -5.22. The number of hydrogen-bond donors (Lipinski definition) is 8. The molecule has 4 amide bonds. The van der Waals surface area contributed by atoms with Crippen LogP contribution >= 0.6 is 0 Å². The van der Waals surface area contributed by atoms with Crippen molar-refractivity contribution in [2.75, 3.05) is 39.3 Å². The van der Waals surface area contributed by atoms with Crippen LogP contribution < -0.4 is 21.3 Å². The van der Waals surface area contributed by atoms with Gasteiger partial charge in [0.15, 0.2) is 23.1 Å². The summed E-state index contributed by atoms with van der Waals surface area (Å²) >= 11 is 0. The summed E-state index contributed by atoms with van der Waals surface area (Å²) in [5.74, 6) is -8.91. The smallest absolute Gasteiger partial charge is 0.455 e. The molecule has 21 nitrogen and oxygen atoms in total. The number of amides is 4. The Morgan fingerprint density at radius 3 is 1.42 bits per heavy atom. The molecule has 0 aromatic rings. The first kappa shape index (κ1) is 61.9. The topological polar surface area (TPSA) is 337 Å². The molecule has 22 heteroatoms. The van der Waals surface area contributed by atoms with Crippen molar-refractivity contribution in [1.29, 1.82) is 0 Å². The fourth-order valence-electron chi connectivity index (χ4n) is 9.37. The van der Waals surface area contributed by atoms with Gasteiger partial charge in [-0.3, -0.25) is 62.4 Å². The van der Waals surface area contributed by atoms with E-state index >= 15 is 0 Å². The molecule has 0 radical (unpaired) electrons. The van der Waals surface area contributed by atoms with Gasteiger partial charge in [0.2, 0.25) is 23.6 Å². The van der Waals surface area contributed by atoms with Crippen LogP contribution in [0.5, 0.6) is 0 Å². The van der Waals surface area contributed by atoms with Crippen molar-refractivity contribution in [2.45, 2.75) is 162 Å². The van der Waals surface area contributed by atoms with Crippen LogP contribution in [0.25, 0.3) is 0 Å². The Morgan fingerprint density at radius 1 is 0.563 bits per heavy atom. The van der Waals surface area contributed by atoms with Crippen LogP contribution in [0.1, 0.15) is 150 Å². The Bertz CT molecular complexity index is 1840. The number of nitrogens with zero attached hydrogens (tertiary/aromatic N) is 1. The van der Waals surface area contributed by atoms with Crippen molar-refractivity contribution < 1.29 is 77.8 Å². The molecule has 0 bridgehead atoms. The highest BCUT2D eigenvalue weighted by atomic mass is 16.4. The van der Waals surface area contributed by atoms with Crippen LogP contribution in [0, 0.1) is 35.5 Å². The molecule has 2 rings (SSSR count). The zero-order valence-electron chi connectivity index (χ0n) is 42.0. The van der Waals surface area contributed by atoms with Crippen LogP contribution in [0.2, 0.25) is 5.82 Å². The van der Waals surface area contributed by atoms with E-state index in [1.165, 1.54) is 13.8 Å². The minimum absolute atomic E-state index is 0.0346. The van der Waals surface area contributed by atoms with Crippen LogP contribution in [0.3, 0.4) is 0 Å². The second kappa shape index (κ2) is 32.7. The van der Waals surface area contributed by atoms with E-state index in [0.717, 1.165) is 0 Å². The van der Waals surface area contributed by atoms with Crippen LogP contribution in [-0.4, -0.2) is 148 Å². The normalized spacial score (nSPS) is 20.7. The minimum atomic E-state index is -1.64. The molecule has 1 saturated heterocycles. The van der Waals surface area contributed by atoms with E-state index in [-0.39, 0.29) is 118 Å². The Morgan fingerprint density at radius 2 is 1.00 bits per heavy atom. The summed E-state index contributed by atoms with van der Waals surface area (Å²) in [5, 5.41) is 48.2. The van der Waals surface area contributed by atoms with Gasteiger partial charge in [-0.15, -0.1) is 0 Å². The molecule has 1 aliphatic heterocycles. The molecule has 1 aliphatic carbocycles. The maximum atomic E-state index is 13.1.